The maximum atomic E-state index is 11.9. The molecular weight excluding hydrogens is 272 g/mol. The van der Waals surface area contributed by atoms with Gasteiger partial charge >= 0.3 is 0 Å². The predicted molar refractivity (Wildman–Crippen MR) is 84.2 cm³/mol. The van der Waals surface area contributed by atoms with Crippen molar-refractivity contribution in [1.29, 1.82) is 0 Å². The van der Waals surface area contributed by atoms with Gasteiger partial charge in [-0.15, -0.1) is 11.3 Å². The highest BCUT2D eigenvalue weighted by Crippen LogP contribution is 2.09. The van der Waals surface area contributed by atoms with Crippen LogP contribution in [0.3, 0.4) is 0 Å². The van der Waals surface area contributed by atoms with Crippen molar-refractivity contribution in [3.8, 4) is 0 Å². The summed E-state index contributed by atoms with van der Waals surface area (Å²) in [5.74, 6) is -0.0765. The number of carbonyl (C=O) groups excluding carboxylic acids is 1. The van der Waals surface area contributed by atoms with Crippen molar-refractivity contribution in [2.45, 2.75) is 33.1 Å². The smallest absolute Gasteiger partial charge is 0.270 e. The Labute approximate surface area is 125 Å². The van der Waals surface area contributed by atoms with E-state index >= 15 is 0 Å². The second kappa shape index (κ2) is 9.85. The lowest BCUT2D eigenvalue weighted by atomic mass is 10.3. The molecule has 20 heavy (non-hydrogen) atoms. The van der Waals surface area contributed by atoms with Crippen LogP contribution >= 0.6 is 11.3 Å². The van der Waals surface area contributed by atoms with E-state index in [1.165, 1.54) is 11.3 Å². The van der Waals surface area contributed by atoms with E-state index in [1.54, 1.807) is 5.38 Å². The van der Waals surface area contributed by atoms with Crippen LogP contribution in [0.25, 0.3) is 0 Å². The number of thiazole rings is 1. The molecule has 1 rings (SSSR count). The molecule has 0 bridgehead atoms. The quantitative estimate of drug-likeness (QED) is 0.642. The van der Waals surface area contributed by atoms with E-state index < -0.39 is 0 Å². The number of hydrogen-bond acceptors (Lipinski definition) is 5. The Hall–Kier alpha value is -0.980. The van der Waals surface area contributed by atoms with Gasteiger partial charge in [-0.1, -0.05) is 13.8 Å². The summed E-state index contributed by atoms with van der Waals surface area (Å²) in [6.45, 7) is 8.90. The number of carbonyl (C=O) groups is 1. The molecule has 114 valence electrons. The van der Waals surface area contributed by atoms with Gasteiger partial charge in [0, 0.05) is 18.3 Å². The molecule has 0 saturated carbocycles. The molecule has 0 aliphatic carbocycles. The molecule has 5 nitrogen and oxygen atoms in total. The Balaban J connectivity index is 2.19. The van der Waals surface area contributed by atoms with E-state index in [4.69, 9.17) is 5.73 Å². The Bertz CT molecular complexity index is 390. The van der Waals surface area contributed by atoms with Gasteiger partial charge in [-0.25, -0.2) is 4.98 Å². The zero-order valence-corrected chi connectivity index (χ0v) is 13.3. The second-order valence-corrected chi connectivity index (χ2v) is 5.60. The third kappa shape index (κ3) is 5.98. The first kappa shape index (κ1) is 17.1. The van der Waals surface area contributed by atoms with Crippen LogP contribution in [-0.4, -0.2) is 48.5 Å². The Morgan fingerprint density at radius 2 is 2.15 bits per heavy atom. The van der Waals surface area contributed by atoms with Gasteiger partial charge in [0.15, 0.2) is 0 Å². The van der Waals surface area contributed by atoms with Crippen molar-refractivity contribution < 1.29 is 4.79 Å². The number of unbranched alkanes of at least 4 members (excludes halogenated alkanes) is 1. The number of nitrogens with zero attached hydrogens (tertiary/aromatic N) is 2. The average molecular weight is 298 g/mol. The van der Waals surface area contributed by atoms with E-state index in [9.17, 15) is 4.79 Å². The summed E-state index contributed by atoms with van der Waals surface area (Å²) in [5, 5.41) is 5.65. The molecule has 0 atom stereocenters. The molecule has 1 heterocycles. The maximum absolute atomic E-state index is 11.9. The molecule has 0 radical (unpaired) electrons. The van der Waals surface area contributed by atoms with Crippen molar-refractivity contribution in [3.05, 3.63) is 16.1 Å². The summed E-state index contributed by atoms with van der Waals surface area (Å²) in [4.78, 5) is 18.5. The molecule has 0 fully saturated rings. The fourth-order valence-corrected chi connectivity index (χ4v) is 2.74. The number of hydrogen-bond donors (Lipinski definition) is 2. The first-order valence-corrected chi connectivity index (χ1v) is 8.24. The van der Waals surface area contributed by atoms with Gasteiger partial charge in [0.25, 0.3) is 5.91 Å². The Morgan fingerprint density at radius 3 is 2.80 bits per heavy atom. The van der Waals surface area contributed by atoms with Crippen molar-refractivity contribution in [2.75, 3.05) is 32.7 Å². The molecule has 0 aliphatic heterocycles. The van der Waals surface area contributed by atoms with Crippen LogP contribution in [0.15, 0.2) is 5.38 Å². The lowest BCUT2D eigenvalue weighted by molar-refractivity contribution is 0.0948. The minimum Gasteiger partial charge on any atom is -0.351 e. The second-order valence-electron chi connectivity index (χ2n) is 4.66. The highest BCUT2D eigenvalue weighted by Gasteiger charge is 2.09. The predicted octanol–water partition coefficient (Wildman–Crippen LogP) is 1.50. The van der Waals surface area contributed by atoms with Crippen LogP contribution in [0.1, 0.15) is 42.2 Å². The lowest BCUT2D eigenvalue weighted by Crippen LogP contribution is -2.27. The van der Waals surface area contributed by atoms with Gasteiger partial charge in [-0.3, -0.25) is 4.79 Å². The van der Waals surface area contributed by atoms with Crippen LogP contribution in [0, 0.1) is 0 Å². The summed E-state index contributed by atoms with van der Waals surface area (Å²) in [6, 6.07) is 0. The van der Waals surface area contributed by atoms with Crippen molar-refractivity contribution in [2.24, 2.45) is 5.73 Å². The normalized spacial score (nSPS) is 11.0. The van der Waals surface area contributed by atoms with Crippen molar-refractivity contribution >= 4 is 17.2 Å². The van der Waals surface area contributed by atoms with Crippen molar-refractivity contribution in [3.63, 3.8) is 0 Å². The molecule has 1 aromatic rings. The molecule has 1 aromatic heterocycles. The van der Waals surface area contributed by atoms with Crippen LogP contribution < -0.4 is 11.1 Å². The SMILES string of the molecule is CCN(CC)CCCCNC(=O)c1csc(CCN)n1. The van der Waals surface area contributed by atoms with E-state index in [2.05, 4.69) is 29.0 Å². The Kier molecular flexibility index (Phi) is 8.41. The molecular formula is C14H26N4OS. The summed E-state index contributed by atoms with van der Waals surface area (Å²) in [6.07, 6.45) is 2.85. The molecule has 0 spiro atoms. The van der Waals surface area contributed by atoms with Gasteiger partial charge in [0.1, 0.15) is 5.69 Å². The summed E-state index contributed by atoms with van der Waals surface area (Å²) in [7, 11) is 0. The van der Waals surface area contributed by atoms with E-state index in [1.807, 2.05) is 0 Å². The fourth-order valence-electron chi connectivity index (χ4n) is 1.95. The van der Waals surface area contributed by atoms with E-state index in [-0.39, 0.29) is 5.91 Å². The highest BCUT2D eigenvalue weighted by molar-refractivity contribution is 7.09. The maximum Gasteiger partial charge on any atom is 0.270 e. The third-order valence-corrected chi connectivity index (χ3v) is 4.13. The van der Waals surface area contributed by atoms with E-state index in [0.29, 0.717) is 18.8 Å². The van der Waals surface area contributed by atoms with Crippen molar-refractivity contribution in [1.82, 2.24) is 15.2 Å². The lowest BCUT2D eigenvalue weighted by Gasteiger charge is -2.17. The largest absolute Gasteiger partial charge is 0.351 e. The zero-order valence-electron chi connectivity index (χ0n) is 12.5. The van der Waals surface area contributed by atoms with E-state index in [0.717, 1.165) is 43.9 Å². The summed E-state index contributed by atoms with van der Waals surface area (Å²) < 4.78 is 0. The third-order valence-electron chi connectivity index (χ3n) is 3.22. The minimum atomic E-state index is -0.0765. The monoisotopic (exact) mass is 298 g/mol. The number of amides is 1. The van der Waals surface area contributed by atoms with Crippen LogP contribution in [0.2, 0.25) is 0 Å². The number of rotatable bonds is 10. The first-order chi connectivity index (χ1) is 9.71. The molecule has 0 saturated heterocycles. The van der Waals surface area contributed by atoms with Gasteiger partial charge < -0.3 is 16.0 Å². The number of nitrogens with two attached hydrogens (primary N) is 1. The topological polar surface area (TPSA) is 71.2 Å². The Morgan fingerprint density at radius 1 is 1.40 bits per heavy atom. The van der Waals surface area contributed by atoms with Gasteiger partial charge in [0.2, 0.25) is 0 Å². The van der Waals surface area contributed by atoms with Gasteiger partial charge in [0.05, 0.1) is 5.01 Å². The fraction of sp³-hybridized carbons (Fsp3) is 0.714. The minimum absolute atomic E-state index is 0.0765. The average Bonchev–Trinajstić information content (AvgIpc) is 2.92. The molecule has 1 amide bonds. The van der Waals surface area contributed by atoms with Gasteiger partial charge in [-0.05, 0) is 39.0 Å². The van der Waals surface area contributed by atoms with Gasteiger partial charge in [-0.2, -0.15) is 0 Å². The summed E-state index contributed by atoms with van der Waals surface area (Å²) in [5.41, 5.74) is 5.98. The standard InChI is InChI=1S/C14H26N4OS/c1-3-18(4-2)10-6-5-9-16-14(19)12-11-20-13(17-12)7-8-15/h11H,3-10,15H2,1-2H3,(H,16,19). The molecule has 0 aliphatic rings. The molecule has 6 heteroatoms. The molecule has 0 unspecified atom stereocenters. The number of nitrogens with one attached hydrogen (secondary N) is 1. The van der Waals surface area contributed by atoms with Crippen LogP contribution in [0.5, 0.6) is 0 Å². The first-order valence-electron chi connectivity index (χ1n) is 7.36. The summed E-state index contributed by atoms with van der Waals surface area (Å²) >= 11 is 1.50. The number of aromatic nitrogens is 1. The highest BCUT2D eigenvalue weighted by atomic mass is 32.1. The van der Waals surface area contributed by atoms with Crippen LogP contribution in [0.4, 0.5) is 0 Å². The molecule has 3 N–H and O–H groups in total. The van der Waals surface area contributed by atoms with Crippen LogP contribution in [-0.2, 0) is 6.42 Å². The zero-order chi connectivity index (χ0) is 14.8. The molecule has 0 aromatic carbocycles.